The minimum atomic E-state index is -0.482. The molecule has 0 aliphatic heterocycles. The van der Waals surface area contributed by atoms with Gasteiger partial charge in [-0.3, -0.25) is 10.1 Å². The summed E-state index contributed by atoms with van der Waals surface area (Å²) in [5.74, 6) is 1.02. The first kappa shape index (κ1) is 24.9. The fourth-order valence-electron chi connectivity index (χ4n) is 3.03. The Morgan fingerprint density at radius 1 is 0.939 bits per heavy atom. The summed E-state index contributed by atoms with van der Waals surface area (Å²) in [7, 11) is 1.57. The number of nitrogens with zero attached hydrogens (tertiary/aromatic N) is 1. The number of methoxy groups -OCH3 is 1. The van der Waals surface area contributed by atoms with E-state index in [9.17, 15) is 10.1 Å². The third-order valence-corrected chi connectivity index (χ3v) is 5.54. The summed E-state index contributed by atoms with van der Waals surface area (Å²) in [4.78, 5) is 10.3. The maximum Gasteiger partial charge on any atom is 0.271 e. The highest BCUT2D eigenvalue weighted by Crippen LogP contribution is 2.37. The maximum absolute atomic E-state index is 10.8. The largest absolute Gasteiger partial charge is 0.493 e. The number of rotatable bonds is 11. The average Bonchev–Trinajstić information content (AvgIpc) is 2.79. The van der Waals surface area contributed by atoms with Crippen molar-refractivity contribution in [3.05, 3.63) is 90.9 Å². The number of nitro benzene ring substituents is 1. The van der Waals surface area contributed by atoms with E-state index < -0.39 is 4.92 Å². The first-order valence-corrected chi connectivity index (χ1v) is 11.1. The molecule has 3 aromatic rings. The summed E-state index contributed by atoms with van der Waals surface area (Å²) in [5, 5.41) is 18.7. The minimum absolute atomic E-state index is 0.0462. The predicted octanol–water partition coefficient (Wildman–Crippen LogP) is 6.34. The number of anilines is 1. The van der Waals surface area contributed by atoms with Crippen molar-refractivity contribution in [3.8, 4) is 11.5 Å². The molecule has 0 saturated heterocycles. The van der Waals surface area contributed by atoms with E-state index in [1.807, 2.05) is 24.3 Å². The molecule has 0 aliphatic rings. The van der Waals surface area contributed by atoms with Gasteiger partial charge in [0, 0.05) is 36.8 Å². The number of nitrogens with one attached hydrogen (secondary N) is 2. The Hall–Kier alpha value is -2.71. The number of hydrogen-bond acceptors (Lipinski definition) is 6. The Balaban J connectivity index is 1.51. The highest BCUT2D eigenvalue weighted by atomic mass is 35.5. The molecule has 0 aromatic heterocycles. The van der Waals surface area contributed by atoms with Crippen LogP contribution in [-0.2, 0) is 13.2 Å². The van der Waals surface area contributed by atoms with E-state index >= 15 is 0 Å². The zero-order valence-electron chi connectivity index (χ0n) is 17.7. The molecular formula is C23H22Cl3N3O4. The summed E-state index contributed by atoms with van der Waals surface area (Å²) in [6.07, 6.45) is 0. The Morgan fingerprint density at radius 3 is 2.36 bits per heavy atom. The van der Waals surface area contributed by atoms with Gasteiger partial charge in [-0.15, -0.1) is 0 Å². The van der Waals surface area contributed by atoms with Crippen LogP contribution in [0.5, 0.6) is 11.5 Å². The van der Waals surface area contributed by atoms with E-state index in [1.54, 1.807) is 25.3 Å². The van der Waals surface area contributed by atoms with Crippen molar-refractivity contribution in [2.45, 2.75) is 13.2 Å². The highest BCUT2D eigenvalue weighted by Gasteiger charge is 2.13. The first-order valence-electron chi connectivity index (χ1n) is 9.99. The van der Waals surface area contributed by atoms with Crippen LogP contribution in [0.2, 0.25) is 15.1 Å². The molecule has 33 heavy (non-hydrogen) atoms. The normalized spacial score (nSPS) is 10.7. The summed E-state index contributed by atoms with van der Waals surface area (Å²) >= 11 is 18.4. The van der Waals surface area contributed by atoms with Gasteiger partial charge in [0.1, 0.15) is 6.61 Å². The number of halogens is 3. The second kappa shape index (κ2) is 12.0. The number of benzene rings is 3. The van der Waals surface area contributed by atoms with Crippen molar-refractivity contribution >= 4 is 46.2 Å². The summed E-state index contributed by atoms with van der Waals surface area (Å²) in [5.41, 5.74) is 2.49. The summed E-state index contributed by atoms with van der Waals surface area (Å²) in [6.45, 7) is 2.09. The monoisotopic (exact) mass is 509 g/mol. The molecule has 10 heteroatoms. The SMILES string of the molecule is COc1cc(CNCCNc2ccc([N+](=O)[O-])cc2Cl)cc(Cl)c1OCc1ccc(Cl)cc1. The summed E-state index contributed by atoms with van der Waals surface area (Å²) in [6, 6.07) is 15.4. The van der Waals surface area contributed by atoms with Gasteiger partial charge in [0.05, 0.1) is 27.8 Å². The summed E-state index contributed by atoms with van der Waals surface area (Å²) < 4.78 is 11.3. The first-order chi connectivity index (χ1) is 15.9. The second-order valence-electron chi connectivity index (χ2n) is 7.05. The number of hydrogen-bond donors (Lipinski definition) is 2. The van der Waals surface area contributed by atoms with Gasteiger partial charge in [0.15, 0.2) is 11.5 Å². The Kier molecular flexibility index (Phi) is 9.03. The van der Waals surface area contributed by atoms with E-state index in [4.69, 9.17) is 44.3 Å². The molecule has 0 aliphatic carbocycles. The van der Waals surface area contributed by atoms with Gasteiger partial charge < -0.3 is 20.1 Å². The smallest absolute Gasteiger partial charge is 0.271 e. The lowest BCUT2D eigenvalue weighted by molar-refractivity contribution is -0.384. The van der Waals surface area contributed by atoms with Crippen LogP contribution in [0.25, 0.3) is 0 Å². The van der Waals surface area contributed by atoms with Crippen molar-refractivity contribution < 1.29 is 14.4 Å². The van der Waals surface area contributed by atoms with Gasteiger partial charge in [-0.25, -0.2) is 0 Å². The van der Waals surface area contributed by atoms with Gasteiger partial charge in [-0.2, -0.15) is 0 Å². The zero-order chi connectivity index (χ0) is 23.8. The maximum atomic E-state index is 10.8. The second-order valence-corrected chi connectivity index (χ2v) is 8.30. The van der Waals surface area contributed by atoms with Gasteiger partial charge in [0.25, 0.3) is 5.69 Å². The Morgan fingerprint density at radius 2 is 1.70 bits per heavy atom. The molecule has 7 nitrogen and oxygen atoms in total. The van der Waals surface area contributed by atoms with Crippen LogP contribution < -0.4 is 20.1 Å². The molecule has 0 fully saturated rings. The molecule has 3 rings (SSSR count). The van der Waals surface area contributed by atoms with Crippen LogP contribution in [0.4, 0.5) is 11.4 Å². The van der Waals surface area contributed by atoms with Crippen molar-refractivity contribution in [3.63, 3.8) is 0 Å². The van der Waals surface area contributed by atoms with Gasteiger partial charge in [-0.1, -0.05) is 46.9 Å². The third kappa shape index (κ3) is 7.14. The molecule has 0 radical (unpaired) electrons. The Bertz CT molecular complexity index is 1110. The van der Waals surface area contributed by atoms with E-state index in [0.29, 0.717) is 58.5 Å². The molecule has 3 aromatic carbocycles. The minimum Gasteiger partial charge on any atom is -0.493 e. The molecule has 2 N–H and O–H groups in total. The topological polar surface area (TPSA) is 85.7 Å². The fraction of sp³-hybridized carbons (Fsp3) is 0.217. The van der Waals surface area contributed by atoms with Crippen LogP contribution in [0.1, 0.15) is 11.1 Å². The van der Waals surface area contributed by atoms with Crippen molar-refractivity contribution in [2.75, 3.05) is 25.5 Å². The van der Waals surface area contributed by atoms with E-state index in [2.05, 4.69) is 10.6 Å². The molecule has 0 bridgehead atoms. The number of nitro groups is 1. The molecular weight excluding hydrogens is 489 g/mol. The molecule has 0 spiro atoms. The molecule has 0 heterocycles. The van der Waals surface area contributed by atoms with Gasteiger partial charge in [-0.05, 0) is 41.5 Å². The fourth-order valence-corrected chi connectivity index (χ4v) is 3.69. The van der Waals surface area contributed by atoms with E-state index in [1.165, 1.54) is 12.1 Å². The van der Waals surface area contributed by atoms with E-state index in [-0.39, 0.29) is 5.69 Å². The van der Waals surface area contributed by atoms with Gasteiger partial charge >= 0.3 is 0 Å². The molecule has 0 atom stereocenters. The number of non-ortho nitro benzene ring substituents is 1. The van der Waals surface area contributed by atoms with Crippen molar-refractivity contribution in [1.29, 1.82) is 0 Å². The predicted molar refractivity (Wildman–Crippen MR) is 132 cm³/mol. The molecule has 0 saturated carbocycles. The molecule has 0 amide bonds. The lowest BCUT2D eigenvalue weighted by Crippen LogP contribution is -2.22. The zero-order valence-corrected chi connectivity index (χ0v) is 20.0. The lowest BCUT2D eigenvalue weighted by Gasteiger charge is -2.15. The van der Waals surface area contributed by atoms with Crippen LogP contribution in [-0.4, -0.2) is 25.1 Å². The van der Waals surface area contributed by atoms with Crippen LogP contribution in [0.15, 0.2) is 54.6 Å². The third-order valence-electron chi connectivity index (χ3n) is 4.70. The highest BCUT2D eigenvalue weighted by molar-refractivity contribution is 6.33. The lowest BCUT2D eigenvalue weighted by atomic mass is 10.2. The van der Waals surface area contributed by atoms with Crippen molar-refractivity contribution in [2.24, 2.45) is 0 Å². The van der Waals surface area contributed by atoms with Gasteiger partial charge in [0.2, 0.25) is 0 Å². The Labute approximate surface area is 206 Å². The molecule has 0 unspecified atom stereocenters. The van der Waals surface area contributed by atoms with Crippen molar-refractivity contribution in [1.82, 2.24) is 5.32 Å². The molecule has 174 valence electrons. The number of ether oxygens (including phenoxy) is 2. The standard InChI is InChI=1S/C23H22Cl3N3O4/c1-32-22-11-16(10-20(26)23(22)33-14-15-2-4-17(24)5-3-15)13-27-8-9-28-21-7-6-18(29(30)31)12-19(21)25/h2-7,10-12,27-28H,8-9,13-14H2,1H3. The van der Waals surface area contributed by atoms with Crippen LogP contribution in [0, 0.1) is 10.1 Å². The van der Waals surface area contributed by atoms with Crippen LogP contribution >= 0.6 is 34.8 Å². The quantitative estimate of drug-likeness (QED) is 0.178. The van der Waals surface area contributed by atoms with Crippen LogP contribution in [0.3, 0.4) is 0 Å². The van der Waals surface area contributed by atoms with E-state index in [0.717, 1.165) is 11.1 Å². The average molecular weight is 511 g/mol.